The van der Waals surface area contributed by atoms with Crippen molar-refractivity contribution in [2.45, 2.75) is 32.1 Å². The molecule has 1 aromatic rings. The maximum absolute atomic E-state index is 10.9. The number of hydrogen-bond donors (Lipinski definition) is 1. The predicted octanol–water partition coefficient (Wildman–Crippen LogP) is 3.59. The van der Waals surface area contributed by atoms with Gasteiger partial charge >= 0.3 is 5.97 Å². The van der Waals surface area contributed by atoms with Crippen LogP contribution in [0.3, 0.4) is 0 Å². The summed E-state index contributed by atoms with van der Waals surface area (Å²) in [7, 11) is 0. The molecule has 1 aromatic carbocycles. The number of benzene rings is 1. The second-order valence-electron chi connectivity index (χ2n) is 4.55. The van der Waals surface area contributed by atoms with Gasteiger partial charge in [0.1, 0.15) is 0 Å². The summed E-state index contributed by atoms with van der Waals surface area (Å²) >= 11 is 1.73. The van der Waals surface area contributed by atoms with E-state index in [4.69, 9.17) is 5.11 Å². The summed E-state index contributed by atoms with van der Waals surface area (Å²) < 4.78 is 0. The van der Waals surface area contributed by atoms with Crippen LogP contribution in [-0.4, -0.2) is 16.8 Å². The zero-order valence-electron chi connectivity index (χ0n) is 9.99. The van der Waals surface area contributed by atoms with Crippen LogP contribution in [0.2, 0.25) is 0 Å². The number of rotatable bonds is 5. The summed E-state index contributed by atoms with van der Waals surface area (Å²) in [5.41, 5.74) is 0.621. The van der Waals surface area contributed by atoms with Gasteiger partial charge < -0.3 is 5.11 Å². The average molecular weight is 238 g/mol. The van der Waals surface area contributed by atoms with Crippen molar-refractivity contribution in [2.75, 3.05) is 5.75 Å². The van der Waals surface area contributed by atoms with Crippen LogP contribution in [0, 0.1) is 12.3 Å². The van der Waals surface area contributed by atoms with Gasteiger partial charge in [0.05, 0.1) is 5.41 Å². The zero-order chi connectivity index (χ0) is 12.2. The normalized spacial score (nSPS) is 11.4. The Balaban J connectivity index is 2.48. The fourth-order valence-electron chi connectivity index (χ4n) is 1.24. The molecule has 0 aliphatic rings. The Labute approximate surface area is 101 Å². The third kappa shape index (κ3) is 3.56. The molecule has 1 N–H and O–H groups in total. The Morgan fingerprint density at radius 3 is 2.56 bits per heavy atom. The second-order valence-corrected chi connectivity index (χ2v) is 5.69. The van der Waals surface area contributed by atoms with Crippen LogP contribution >= 0.6 is 11.8 Å². The van der Waals surface area contributed by atoms with Crippen LogP contribution in [0.25, 0.3) is 0 Å². The van der Waals surface area contributed by atoms with Crippen molar-refractivity contribution in [2.24, 2.45) is 5.41 Å². The minimum Gasteiger partial charge on any atom is -0.481 e. The molecular weight excluding hydrogens is 220 g/mol. The maximum Gasteiger partial charge on any atom is 0.309 e. The smallest absolute Gasteiger partial charge is 0.309 e. The van der Waals surface area contributed by atoms with E-state index >= 15 is 0 Å². The quantitative estimate of drug-likeness (QED) is 0.796. The van der Waals surface area contributed by atoms with Crippen molar-refractivity contribution in [1.82, 2.24) is 0 Å². The van der Waals surface area contributed by atoms with E-state index in [-0.39, 0.29) is 0 Å². The van der Waals surface area contributed by atoms with Gasteiger partial charge in [-0.25, -0.2) is 0 Å². The topological polar surface area (TPSA) is 37.3 Å². The fourth-order valence-corrected chi connectivity index (χ4v) is 2.54. The van der Waals surface area contributed by atoms with Gasteiger partial charge in [-0.3, -0.25) is 4.79 Å². The highest BCUT2D eigenvalue weighted by Crippen LogP contribution is 2.28. The Hall–Kier alpha value is -0.960. The van der Waals surface area contributed by atoms with Gasteiger partial charge in [0.15, 0.2) is 0 Å². The standard InChI is InChI=1S/C13H18O2S/c1-10-6-4-5-7-11(10)16-9-8-13(2,3)12(14)15/h4-7H,8-9H2,1-3H3,(H,14,15). The summed E-state index contributed by atoms with van der Waals surface area (Å²) in [6.07, 6.45) is 0.682. The number of aryl methyl sites for hydroxylation is 1. The van der Waals surface area contributed by atoms with Gasteiger partial charge in [-0.2, -0.15) is 0 Å². The van der Waals surface area contributed by atoms with Crippen molar-refractivity contribution in [1.29, 1.82) is 0 Å². The molecule has 16 heavy (non-hydrogen) atoms. The largest absolute Gasteiger partial charge is 0.481 e. The third-order valence-electron chi connectivity index (χ3n) is 2.66. The molecule has 3 heteroatoms. The summed E-state index contributed by atoms with van der Waals surface area (Å²) in [6, 6.07) is 8.18. The van der Waals surface area contributed by atoms with E-state index < -0.39 is 11.4 Å². The Kier molecular flexibility index (Phi) is 4.42. The van der Waals surface area contributed by atoms with E-state index in [2.05, 4.69) is 19.1 Å². The minimum atomic E-state index is -0.724. The molecule has 0 aliphatic carbocycles. The lowest BCUT2D eigenvalue weighted by Crippen LogP contribution is -2.24. The van der Waals surface area contributed by atoms with Crippen molar-refractivity contribution in [3.8, 4) is 0 Å². The monoisotopic (exact) mass is 238 g/mol. The molecule has 0 fully saturated rings. The van der Waals surface area contributed by atoms with E-state index in [0.29, 0.717) is 6.42 Å². The van der Waals surface area contributed by atoms with Crippen molar-refractivity contribution in [3.63, 3.8) is 0 Å². The Morgan fingerprint density at radius 1 is 1.38 bits per heavy atom. The van der Waals surface area contributed by atoms with Gasteiger partial charge in [-0.05, 0) is 44.6 Å². The van der Waals surface area contributed by atoms with Crippen LogP contribution < -0.4 is 0 Å². The second kappa shape index (κ2) is 5.39. The van der Waals surface area contributed by atoms with Gasteiger partial charge in [0.2, 0.25) is 0 Å². The highest BCUT2D eigenvalue weighted by Gasteiger charge is 2.26. The van der Waals surface area contributed by atoms with E-state index in [9.17, 15) is 4.79 Å². The van der Waals surface area contributed by atoms with Gasteiger partial charge in [0.25, 0.3) is 0 Å². The molecule has 0 heterocycles. The van der Waals surface area contributed by atoms with Crippen LogP contribution in [-0.2, 0) is 4.79 Å². The fraction of sp³-hybridized carbons (Fsp3) is 0.462. The molecule has 0 amide bonds. The SMILES string of the molecule is Cc1ccccc1SCCC(C)(C)C(=O)O. The molecule has 2 nitrogen and oxygen atoms in total. The highest BCUT2D eigenvalue weighted by atomic mass is 32.2. The molecule has 0 aliphatic heterocycles. The highest BCUT2D eigenvalue weighted by molar-refractivity contribution is 7.99. The summed E-state index contributed by atoms with van der Waals surface area (Å²) in [5, 5.41) is 8.98. The first kappa shape index (κ1) is 13.1. The average Bonchev–Trinajstić information content (AvgIpc) is 2.20. The molecule has 0 saturated carbocycles. The molecule has 88 valence electrons. The lowest BCUT2D eigenvalue weighted by molar-refractivity contribution is -0.146. The molecule has 0 bridgehead atoms. The van der Waals surface area contributed by atoms with Gasteiger partial charge in [0, 0.05) is 4.90 Å². The first-order valence-corrected chi connectivity index (χ1v) is 6.34. The van der Waals surface area contributed by atoms with Crippen LogP contribution in [0.15, 0.2) is 29.2 Å². The summed E-state index contributed by atoms with van der Waals surface area (Å²) in [5.74, 6) is 0.113. The Bertz CT molecular complexity index is 372. The van der Waals surface area contributed by atoms with Gasteiger partial charge in [-0.15, -0.1) is 11.8 Å². The van der Waals surface area contributed by atoms with E-state index in [1.54, 1.807) is 25.6 Å². The molecule has 0 saturated heterocycles. The third-order valence-corrected chi connectivity index (χ3v) is 3.83. The van der Waals surface area contributed by atoms with Crippen molar-refractivity contribution >= 4 is 17.7 Å². The van der Waals surface area contributed by atoms with E-state index in [1.165, 1.54) is 10.5 Å². The molecule has 1 rings (SSSR count). The van der Waals surface area contributed by atoms with Crippen molar-refractivity contribution < 1.29 is 9.90 Å². The van der Waals surface area contributed by atoms with E-state index in [0.717, 1.165) is 5.75 Å². The summed E-state index contributed by atoms with van der Waals surface area (Å²) in [4.78, 5) is 12.2. The number of carboxylic acid groups (broad SMARTS) is 1. The number of aliphatic carboxylic acids is 1. The predicted molar refractivity (Wildman–Crippen MR) is 67.9 cm³/mol. The lowest BCUT2D eigenvalue weighted by Gasteiger charge is -2.18. The molecule has 0 unspecified atom stereocenters. The van der Waals surface area contributed by atoms with Crippen LogP contribution in [0.4, 0.5) is 0 Å². The first-order chi connectivity index (χ1) is 7.43. The first-order valence-electron chi connectivity index (χ1n) is 5.35. The van der Waals surface area contributed by atoms with Crippen LogP contribution in [0.5, 0.6) is 0 Å². The molecular formula is C13H18O2S. The lowest BCUT2D eigenvalue weighted by atomic mass is 9.91. The van der Waals surface area contributed by atoms with Crippen molar-refractivity contribution in [3.05, 3.63) is 29.8 Å². The number of thioether (sulfide) groups is 1. The van der Waals surface area contributed by atoms with Crippen LogP contribution in [0.1, 0.15) is 25.8 Å². The molecule has 0 spiro atoms. The minimum absolute atomic E-state index is 0.629. The zero-order valence-corrected chi connectivity index (χ0v) is 10.8. The molecule has 0 atom stereocenters. The number of carbonyl (C=O) groups is 1. The summed E-state index contributed by atoms with van der Waals surface area (Å²) in [6.45, 7) is 5.62. The molecule has 0 radical (unpaired) electrons. The molecule has 0 aromatic heterocycles. The maximum atomic E-state index is 10.9. The van der Waals surface area contributed by atoms with Gasteiger partial charge in [-0.1, -0.05) is 18.2 Å². The van der Waals surface area contributed by atoms with E-state index in [1.807, 2.05) is 12.1 Å². The number of hydrogen-bond acceptors (Lipinski definition) is 2. The Morgan fingerprint density at radius 2 is 2.00 bits per heavy atom. The number of carboxylic acids is 1.